The van der Waals surface area contributed by atoms with Gasteiger partial charge < -0.3 is 10.6 Å². The van der Waals surface area contributed by atoms with Gasteiger partial charge in [-0.3, -0.25) is 4.79 Å². The fraction of sp³-hybridized carbons (Fsp3) is 0.188. The van der Waals surface area contributed by atoms with Gasteiger partial charge in [0.1, 0.15) is 11.6 Å². The Hall–Kier alpha value is -2.43. The van der Waals surface area contributed by atoms with Crippen LogP contribution in [-0.2, 0) is 0 Å². The van der Waals surface area contributed by atoms with E-state index in [9.17, 15) is 13.6 Å². The zero-order chi connectivity index (χ0) is 15.6. The first-order valence-electron chi connectivity index (χ1n) is 6.48. The Bertz CT molecular complexity index is 656. The van der Waals surface area contributed by atoms with Gasteiger partial charge in [0, 0.05) is 12.7 Å². The molecule has 21 heavy (non-hydrogen) atoms. The molecule has 2 aromatic carbocycles. The minimum atomic E-state index is -0.488. The van der Waals surface area contributed by atoms with Crippen LogP contribution in [0, 0.1) is 11.6 Å². The van der Waals surface area contributed by atoms with Gasteiger partial charge in [-0.15, -0.1) is 0 Å². The van der Waals surface area contributed by atoms with Crippen molar-refractivity contribution in [3.05, 3.63) is 65.2 Å². The fourth-order valence-electron chi connectivity index (χ4n) is 2.06. The highest BCUT2D eigenvalue weighted by molar-refractivity contribution is 5.99. The van der Waals surface area contributed by atoms with E-state index in [1.165, 1.54) is 29.2 Å². The maximum Gasteiger partial charge on any atom is 0.256 e. The van der Waals surface area contributed by atoms with Crippen molar-refractivity contribution in [1.82, 2.24) is 4.90 Å². The average Bonchev–Trinajstić information content (AvgIpc) is 2.46. The maximum atomic E-state index is 13.0. The number of carbonyl (C=O) groups excluding carboxylic acids is 1. The summed E-state index contributed by atoms with van der Waals surface area (Å²) in [5.41, 5.74) is 6.82. The van der Waals surface area contributed by atoms with E-state index in [1.807, 2.05) is 6.92 Å². The Morgan fingerprint density at radius 1 is 1.10 bits per heavy atom. The summed E-state index contributed by atoms with van der Waals surface area (Å²) in [6.07, 6.45) is 0. The van der Waals surface area contributed by atoms with Crippen LogP contribution in [0.5, 0.6) is 0 Å². The largest absolute Gasteiger partial charge is 0.398 e. The second kappa shape index (κ2) is 5.91. The molecule has 0 radical (unpaired) electrons. The van der Waals surface area contributed by atoms with E-state index in [0.717, 1.165) is 11.6 Å². The van der Waals surface area contributed by atoms with Gasteiger partial charge >= 0.3 is 0 Å². The summed E-state index contributed by atoms with van der Waals surface area (Å²) in [5, 5.41) is 0. The number of nitrogens with two attached hydrogens (primary N) is 1. The highest BCUT2D eigenvalue weighted by atomic mass is 19.1. The van der Waals surface area contributed by atoms with Crippen LogP contribution < -0.4 is 5.73 Å². The van der Waals surface area contributed by atoms with Crippen molar-refractivity contribution < 1.29 is 13.6 Å². The molecule has 0 saturated carbocycles. The molecule has 0 aliphatic heterocycles. The number of carbonyl (C=O) groups is 1. The van der Waals surface area contributed by atoms with E-state index in [0.29, 0.717) is 0 Å². The number of hydrogen-bond donors (Lipinski definition) is 1. The van der Waals surface area contributed by atoms with E-state index < -0.39 is 5.82 Å². The third-order valence-electron chi connectivity index (χ3n) is 3.50. The number of hydrogen-bond acceptors (Lipinski definition) is 2. The van der Waals surface area contributed by atoms with Crippen LogP contribution in [0.15, 0.2) is 42.5 Å². The summed E-state index contributed by atoms with van der Waals surface area (Å²) in [5.74, 6) is -1.13. The van der Waals surface area contributed by atoms with E-state index in [2.05, 4.69) is 0 Å². The average molecular weight is 290 g/mol. The molecule has 0 saturated heterocycles. The van der Waals surface area contributed by atoms with Crippen molar-refractivity contribution in [2.24, 2.45) is 0 Å². The summed E-state index contributed by atoms with van der Waals surface area (Å²) >= 11 is 0. The zero-order valence-corrected chi connectivity index (χ0v) is 11.8. The van der Waals surface area contributed by atoms with Crippen molar-refractivity contribution in [1.29, 1.82) is 0 Å². The normalized spacial score (nSPS) is 12.0. The van der Waals surface area contributed by atoms with E-state index in [4.69, 9.17) is 5.73 Å². The fourth-order valence-corrected chi connectivity index (χ4v) is 2.06. The first-order valence-corrected chi connectivity index (χ1v) is 6.48. The minimum Gasteiger partial charge on any atom is -0.398 e. The Labute approximate surface area is 122 Å². The molecular formula is C16H16F2N2O. The van der Waals surface area contributed by atoms with Crippen LogP contribution >= 0.6 is 0 Å². The number of rotatable bonds is 3. The molecule has 0 aliphatic rings. The highest BCUT2D eigenvalue weighted by Gasteiger charge is 2.20. The van der Waals surface area contributed by atoms with Crippen LogP contribution in [0.3, 0.4) is 0 Å². The molecule has 1 atom stereocenters. The molecule has 0 heterocycles. The van der Waals surface area contributed by atoms with E-state index >= 15 is 0 Å². The number of nitrogen functional groups attached to an aromatic ring is 1. The van der Waals surface area contributed by atoms with Crippen LogP contribution in [-0.4, -0.2) is 17.9 Å². The van der Waals surface area contributed by atoms with Crippen molar-refractivity contribution in [2.45, 2.75) is 13.0 Å². The van der Waals surface area contributed by atoms with Gasteiger partial charge in [-0.25, -0.2) is 8.78 Å². The number of benzene rings is 2. The van der Waals surface area contributed by atoms with Gasteiger partial charge in [-0.05, 0) is 42.8 Å². The molecule has 0 aliphatic carbocycles. The molecule has 3 nitrogen and oxygen atoms in total. The second-order valence-electron chi connectivity index (χ2n) is 4.88. The Balaban J connectivity index is 2.24. The molecular weight excluding hydrogens is 274 g/mol. The lowest BCUT2D eigenvalue weighted by Crippen LogP contribution is -2.30. The summed E-state index contributed by atoms with van der Waals surface area (Å²) in [6.45, 7) is 1.82. The van der Waals surface area contributed by atoms with Gasteiger partial charge in [-0.1, -0.05) is 12.1 Å². The van der Waals surface area contributed by atoms with Crippen LogP contribution in [0.2, 0.25) is 0 Å². The Kier molecular flexibility index (Phi) is 4.21. The molecule has 2 N–H and O–H groups in total. The second-order valence-corrected chi connectivity index (χ2v) is 4.88. The molecule has 110 valence electrons. The van der Waals surface area contributed by atoms with Gasteiger partial charge in [0.25, 0.3) is 5.91 Å². The third kappa shape index (κ3) is 3.18. The van der Waals surface area contributed by atoms with Crippen LogP contribution in [0.25, 0.3) is 0 Å². The highest BCUT2D eigenvalue weighted by Crippen LogP contribution is 2.23. The van der Waals surface area contributed by atoms with Crippen molar-refractivity contribution >= 4 is 11.6 Å². The lowest BCUT2D eigenvalue weighted by atomic mass is 10.1. The topological polar surface area (TPSA) is 46.3 Å². The molecule has 2 rings (SSSR count). The molecule has 0 fully saturated rings. The van der Waals surface area contributed by atoms with E-state index in [-0.39, 0.29) is 29.0 Å². The van der Waals surface area contributed by atoms with Crippen molar-refractivity contribution in [3.8, 4) is 0 Å². The predicted molar refractivity (Wildman–Crippen MR) is 77.7 cm³/mol. The lowest BCUT2D eigenvalue weighted by Gasteiger charge is -2.26. The van der Waals surface area contributed by atoms with Crippen molar-refractivity contribution in [3.63, 3.8) is 0 Å². The number of amides is 1. The first kappa shape index (κ1) is 15.0. The minimum absolute atomic E-state index is 0.0955. The zero-order valence-electron chi connectivity index (χ0n) is 11.8. The van der Waals surface area contributed by atoms with Crippen LogP contribution in [0.1, 0.15) is 28.9 Å². The third-order valence-corrected chi connectivity index (χ3v) is 3.50. The molecule has 0 bridgehead atoms. The van der Waals surface area contributed by atoms with Crippen molar-refractivity contribution in [2.75, 3.05) is 12.8 Å². The number of anilines is 1. The van der Waals surface area contributed by atoms with Gasteiger partial charge in [-0.2, -0.15) is 0 Å². The van der Waals surface area contributed by atoms with Gasteiger partial charge in [0.2, 0.25) is 0 Å². The monoisotopic (exact) mass is 290 g/mol. The Morgan fingerprint density at radius 3 is 2.24 bits per heavy atom. The maximum absolute atomic E-state index is 13.0. The quantitative estimate of drug-likeness (QED) is 0.881. The summed E-state index contributed by atoms with van der Waals surface area (Å²) in [6, 6.07) is 9.34. The van der Waals surface area contributed by atoms with Gasteiger partial charge in [0.05, 0.1) is 11.6 Å². The van der Waals surface area contributed by atoms with E-state index in [1.54, 1.807) is 19.2 Å². The summed E-state index contributed by atoms with van der Waals surface area (Å²) in [4.78, 5) is 13.9. The van der Waals surface area contributed by atoms with Crippen LogP contribution in [0.4, 0.5) is 14.5 Å². The molecule has 1 amide bonds. The lowest BCUT2D eigenvalue weighted by molar-refractivity contribution is 0.0743. The predicted octanol–water partition coefficient (Wildman–Crippen LogP) is 3.38. The number of halogens is 2. The molecule has 5 heteroatoms. The standard InChI is InChI=1S/C16H16F2N2O/c1-10(11-3-5-12(17)6-4-11)20(2)16(21)14-8-7-13(18)9-15(14)19/h3-10H,19H2,1-2H3. The molecule has 2 aromatic rings. The SMILES string of the molecule is CC(c1ccc(F)cc1)N(C)C(=O)c1ccc(F)cc1N. The molecule has 1 unspecified atom stereocenters. The molecule has 0 aromatic heterocycles. The Morgan fingerprint density at radius 2 is 1.67 bits per heavy atom. The van der Waals surface area contributed by atoms with Gasteiger partial charge in [0.15, 0.2) is 0 Å². The molecule has 0 spiro atoms. The first-order chi connectivity index (χ1) is 9.90. The summed E-state index contributed by atoms with van der Waals surface area (Å²) in [7, 11) is 1.62. The number of nitrogens with zero attached hydrogens (tertiary/aromatic N) is 1. The smallest absolute Gasteiger partial charge is 0.256 e. The summed E-state index contributed by atoms with van der Waals surface area (Å²) < 4.78 is 26.0.